The lowest BCUT2D eigenvalue weighted by Crippen LogP contribution is -2.68. The second kappa shape index (κ2) is 12.0. The molecule has 0 aromatic rings. The highest BCUT2D eigenvalue weighted by molar-refractivity contribution is 7.46. The molecule has 0 radical (unpaired) electrons. The first-order valence-electron chi connectivity index (χ1n) is 11.4. The number of phosphoric acid groups is 1. The summed E-state index contributed by atoms with van der Waals surface area (Å²) in [6.07, 6.45) is -9.54. The average molecular weight is 532 g/mol. The second-order valence-electron chi connectivity index (χ2n) is 9.21. The summed E-state index contributed by atoms with van der Waals surface area (Å²) < 4.78 is 39.2. The maximum atomic E-state index is 11.5. The minimum absolute atomic E-state index is 0.128. The monoisotopic (exact) mass is 531 g/mol. The Labute approximate surface area is 202 Å². The molecule has 15 N–H and O–H groups in total. The van der Waals surface area contributed by atoms with Crippen molar-refractivity contribution in [2.24, 2.45) is 28.7 Å². The average Bonchev–Trinajstić information content (AvgIpc) is 2.78. The van der Waals surface area contributed by atoms with Gasteiger partial charge in [0.05, 0.1) is 24.8 Å². The van der Waals surface area contributed by atoms with E-state index >= 15 is 0 Å². The van der Waals surface area contributed by atoms with Gasteiger partial charge in [-0.05, 0) is 19.3 Å². The first kappa shape index (κ1) is 29.2. The third-order valence-corrected chi connectivity index (χ3v) is 7.09. The van der Waals surface area contributed by atoms with Crippen LogP contribution in [0.5, 0.6) is 0 Å². The molecule has 2 heterocycles. The van der Waals surface area contributed by atoms with E-state index in [0.29, 0.717) is 12.8 Å². The van der Waals surface area contributed by atoms with Crippen LogP contribution in [-0.2, 0) is 28.0 Å². The predicted molar refractivity (Wildman–Crippen MR) is 118 cm³/mol. The Morgan fingerprint density at radius 3 is 2.00 bits per heavy atom. The Morgan fingerprint density at radius 1 is 0.857 bits per heavy atom. The zero-order valence-corrected chi connectivity index (χ0v) is 20.0. The van der Waals surface area contributed by atoms with Gasteiger partial charge in [0.2, 0.25) is 0 Å². The number of phosphoric ester groups is 1. The van der Waals surface area contributed by atoms with Crippen LogP contribution in [-0.4, -0.2) is 118 Å². The summed E-state index contributed by atoms with van der Waals surface area (Å²) in [4.78, 5) is 18.6. The Bertz CT molecular complexity index is 737. The smallest absolute Gasteiger partial charge is 0.394 e. The third-order valence-electron chi connectivity index (χ3n) is 6.58. The number of nitrogens with two attached hydrogens (primary N) is 5. The molecule has 0 aromatic carbocycles. The van der Waals surface area contributed by atoms with Crippen LogP contribution >= 0.6 is 7.82 Å². The van der Waals surface area contributed by atoms with E-state index < -0.39 is 87.8 Å². The van der Waals surface area contributed by atoms with Crippen LogP contribution in [0, 0.1) is 0 Å². The topological polar surface area (TPSA) is 294 Å². The molecule has 13 atom stereocenters. The highest BCUT2D eigenvalue weighted by Crippen LogP contribution is 2.42. The van der Waals surface area contributed by atoms with Gasteiger partial charge >= 0.3 is 7.82 Å². The van der Waals surface area contributed by atoms with Crippen molar-refractivity contribution in [1.82, 2.24) is 0 Å². The highest BCUT2D eigenvalue weighted by Gasteiger charge is 2.51. The molecular formula is C18H38N5O11P. The van der Waals surface area contributed by atoms with Gasteiger partial charge < -0.3 is 72.7 Å². The summed E-state index contributed by atoms with van der Waals surface area (Å²) in [5.74, 6) is 0. The van der Waals surface area contributed by atoms with Gasteiger partial charge in [0, 0.05) is 18.6 Å². The third kappa shape index (κ3) is 6.94. The molecule has 1 saturated carbocycles. The quantitative estimate of drug-likeness (QED) is 0.131. The fourth-order valence-corrected chi connectivity index (χ4v) is 5.18. The van der Waals surface area contributed by atoms with Gasteiger partial charge in [0.15, 0.2) is 12.6 Å². The SMILES string of the molecule is NC[C@@H]1CC[C@@H](N)[C@@H](O[C@H]2[C@H](O)[C@@H](O[C@H]3O[C@H](CO)[C@@H](O)[C@H](N)[C@H]3OP(=O)(O)O)[C@H](N)C[C@@H]2N)O1. The first-order valence-corrected chi connectivity index (χ1v) is 12.9. The van der Waals surface area contributed by atoms with E-state index in [1.165, 1.54) is 0 Å². The van der Waals surface area contributed by atoms with Crippen molar-refractivity contribution in [2.75, 3.05) is 13.2 Å². The zero-order chi connectivity index (χ0) is 26.1. The van der Waals surface area contributed by atoms with Gasteiger partial charge in [-0.15, -0.1) is 0 Å². The van der Waals surface area contributed by atoms with E-state index in [4.69, 9.17) is 52.1 Å². The van der Waals surface area contributed by atoms with Gasteiger partial charge in [-0.2, -0.15) is 0 Å². The highest BCUT2D eigenvalue weighted by atomic mass is 31.2. The van der Waals surface area contributed by atoms with E-state index in [2.05, 4.69) is 0 Å². The van der Waals surface area contributed by atoms with Gasteiger partial charge in [-0.1, -0.05) is 0 Å². The molecule has 2 aliphatic heterocycles. The molecule has 0 unspecified atom stereocenters. The number of hydrogen-bond donors (Lipinski definition) is 10. The summed E-state index contributed by atoms with van der Waals surface area (Å²) >= 11 is 0. The Hall–Kier alpha value is -0.370. The Balaban J connectivity index is 1.78. The van der Waals surface area contributed by atoms with Crippen LogP contribution in [0.4, 0.5) is 0 Å². The summed E-state index contributed by atoms with van der Waals surface area (Å²) in [7, 11) is -5.10. The van der Waals surface area contributed by atoms with Crippen molar-refractivity contribution in [3.63, 3.8) is 0 Å². The number of aliphatic hydroxyl groups excluding tert-OH is 3. The van der Waals surface area contributed by atoms with Crippen molar-refractivity contribution in [1.29, 1.82) is 0 Å². The van der Waals surface area contributed by atoms with Crippen molar-refractivity contribution in [3.8, 4) is 0 Å². The second-order valence-corrected chi connectivity index (χ2v) is 10.4. The molecule has 3 rings (SSSR count). The minimum Gasteiger partial charge on any atom is -0.394 e. The lowest BCUT2D eigenvalue weighted by atomic mass is 9.84. The zero-order valence-electron chi connectivity index (χ0n) is 19.1. The molecule has 17 heteroatoms. The summed E-state index contributed by atoms with van der Waals surface area (Å²) in [6.45, 7) is -0.410. The van der Waals surface area contributed by atoms with Gasteiger partial charge in [-0.25, -0.2) is 4.57 Å². The van der Waals surface area contributed by atoms with Crippen LogP contribution in [0.25, 0.3) is 0 Å². The number of aliphatic hydroxyl groups is 3. The van der Waals surface area contributed by atoms with E-state index in [1.54, 1.807) is 0 Å². The Kier molecular flexibility index (Phi) is 10.0. The van der Waals surface area contributed by atoms with Gasteiger partial charge in [0.1, 0.15) is 36.6 Å². The van der Waals surface area contributed by atoms with Crippen LogP contribution in [0.1, 0.15) is 19.3 Å². The van der Waals surface area contributed by atoms with E-state index in [9.17, 15) is 29.7 Å². The molecule has 206 valence electrons. The molecular weight excluding hydrogens is 493 g/mol. The first-order chi connectivity index (χ1) is 16.4. The molecule has 0 spiro atoms. The molecule has 35 heavy (non-hydrogen) atoms. The van der Waals surface area contributed by atoms with Crippen molar-refractivity contribution >= 4 is 7.82 Å². The van der Waals surface area contributed by atoms with Crippen LogP contribution in [0.3, 0.4) is 0 Å². The van der Waals surface area contributed by atoms with Crippen molar-refractivity contribution in [2.45, 2.75) is 98.7 Å². The molecule has 3 fully saturated rings. The Morgan fingerprint density at radius 2 is 1.46 bits per heavy atom. The number of ether oxygens (including phenoxy) is 4. The number of hydrogen-bond acceptors (Lipinski definition) is 14. The fraction of sp³-hybridized carbons (Fsp3) is 1.00. The molecule has 3 aliphatic rings. The summed E-state index contributed by atoms with van der Waals surface area (Å²) in [5, 5.41) is 30.8. The van der Waals surface area contributed by atoms with E-state index in [-0.39, 0.29) is 19.1 Å². The molecule has 1 aliphatic carbocycles. The molecule has 0 bridgehead atoms. The van der Waals surface area contributed by atoms with Crippen LogP contribution in [0.2, 0.25) is 0 Å². The minimum atomic E-state index is -5.10. The van der Waals surface area contributed by atoms with E-state index in [0.717, 1.165) is 0 Å². The maximum absolute atomic E-state index is 11.5. The standard InChI is InChI=1S/C18H38N5O11P/c19-4-6-1-2-7(20)17(30-6)32-14-8(21)3-9(22)15(13(14)26)33-18-16(34-35(27,28)29)11(23)12(25)10(5-24)31-18/h6-18,24-26H,1-5,19-23H2,(H2,27,28,29)/t6-,7+,8-,9+,10+,11-,12+,13-,14+,15-,16+,17+,18+/m0/s1. The fourth-order valence-electron chi connectivity index (χ4n) is 4.62. The van der Waals surface area contributed by atoms with Crippen molar-refractivity contribution in [3.05, 3.63) is 0 Å². The predicted octanol–water partition coefficient (Wildman–Crippen LogP) is -5.15. The van der Waals surface area contributed by atoms with Gasteiger partial charge in [0.25, 0.3) is 0 Å². The van der Waals surface area contributed by atoms with Crippen molar-refractivity contribution < 1.29 is 53.1 Å². The van der Waals surface area contributed by atoms with Crippen LogP contribution < -0.4 is 28.7 Å². The molecule has 16 nitrogen and oxygen atoms in total. The normalized spacial score (nSPS) is 47.5. The molecule has 0 aromatic heterocycles. The maximum Gasteiger partial charge on any atom is 0.470 e. The number of rotatable bonds is 8. The lowest BCUT2D eigenvalue weighted by Gasteiger charge is -2.48. The lowest BCUT2D eigenvalue weighted by molar-refractivity contribution is -0.310. The van der Waals surface area contributed by atoms with E-state index in [1.807, 2.05) is 0 Å². The largest absolute Gasteiger partial charge is 0.470 e. The van der Waals surface area contributed by atoms with Crippen LogP contribution in [0.15, 0.2) is 0 Å². The summed E-state index contributed by atoms with van der Waals surface area (Å²) in [6, 6.07) is -3.48. The molecule has 2 saturated heterocycles. The summed E-state index contributed by atoms with van der Waals surface area (Å²) in [5.41, 5.74) is 30.1. The molecule has 0 amide bonds. The van der Waals surface area contributed by atoms with Gasteiger partial charge in [-0.3, -0.25) is 4.52 Å².